The standard InChI is InChI=1S/C11H13Cl2NOS/c12-8-1-2-11(10(13)5-8)16-7-9-6-14-3-4-15-9/h1-2,5,9,14H,3-4,6-7H2/t9-/m0/s1. The normalized spacial score (nSPS) is 21.0. The first-order chi connectivity index (χ1) is 7.75. The van der Waals surface area contributed by atoms with Crippen LogP contribution in [-0.4, -0.2) is 31.6 Å². The van der Waals surface area contributed by atoms with E-state index in [1.165, 1.54) is 0 Å². The molecule has 0 saturated carbocycles. The van der Waals surface area contributed by atoms with E-state index in [0.717, 1.165) is 30.3 Å². The zero-order valence-electron chi connectivity index (χ0n) is 8.71. The number of halogens is 2. The predicted octanol–water partition coefficient (Wildman–Crippen LogP) is 3.07. The van der Waals surface area contributed by atoms with Gasteiger partial charge in [-0.15, -0.1) is 11.8 Å². The maximum atomic E-state index is 6.09. The van der Waals surface area contributed by atoms with Gasteiger partial charge in [-0.3, -0.25) is 0 Å². The second kappa shape index (κ2) is 6.12. The van der Waals surface area contributed by atoms with Crippen LogP contribution in [-0.2, 0) is 4.74 Å². The summed E-state index contributed by atoms with van der Waals surface area (Å²) in [5.74, 6) is 0.911. The Balaban J connectivity index is 1.88. The molecular formula is C11H13Cl2NOS. The molecule has 1 aliphatic heterocycles. The van der Waals surface area contributed by atoms with E-state index >= 15 is 0 Å². The van der Waals surface area contributed by atoms with Crippen molar-refractivity contribution in [2.45, 2.75) is 11.0 Å². The second-order valence-electron chi connectivity index (χ2n) is 3.58. The van der Waals surface area contributed by atoms with Gasteiger partial charge in [0.1, 0.15) is 0 Å². The van der Waals surface area contributed by atoms with Crippen LogP contribution in [0.2, 0.25) is 10.0 Å². The number of hydrogen-bond donors (Lipinski definition) is 1. The summed E-state index contributed by atoms with van der Waals surface area (Å²) in [5.41, 5.74) is 0. The molecule has 0 bridgehead atoms. The maximum Gasteiger partial charge on any atom is 0.0793 e. The zero-order valence-corrected chi connectivity index (χ0v) is 11.0. The molecule has 0 spiro atoms. The lowest BCUT2D eigenvalue weighted by molar-refractivity contribution is 0.0441. The minimum Gasteiger partial charge on any atom is -0.375 e. The van der Waals surface area contributed by atoms with E-state index in [-0.39, 0.29) is 6.10 Å². The third kappa shape index (κ3) is 3.54. The van der Waals surface area contributed by atoms with E-state index in [1.807, 2.05) is 12.1 Å². The Morgan fingerprint density at radius 3 is 3.00 bits per heavy atom. The number of thioether (sulfide) groups is 1. The predicted molar refractivity (Wildman–Crippen MR) is 69.8 cm³/mol. The van der Waals surface area contributed by atoms with Gasteiger partial charge >= 0.3 is 0 Å². The molecule has 1 aromatic carbocycles. The lowest BCUT2D eigenvalue weighted by Gasteiger charge is -2.23. The Kier molecular flexibility index (Phi) is 4.79. The third-order valence-corrected chi connectivity index (χ3v) is 4.19. The average molecular weight is 278 g/mol. The number of benzene rings is 1. The number of hydrogen-bond acceptors (Lipinski definition) is 3. The van der Waals surface area contributed by atoms with Gasteiger partial charge in [0.05, 0.1) is 17.7 Å². The lowest BCUT2D eigenvalue weighted by Crippen LogP contribution is -2.39. The van der Waals surface area contributed by atoms with E-state index < -0.39 is 0 Å². The smallest absolute Gasteiger partial charge is 0.0793 e. The SMILES string of the molecule is Clc1ccc(SC[C@@H]2CNCCO2)c(Cl)c1. The number of rotatable bonds is 3. The summed E-state index contributed by atoms with van der Waals surface area (Å²) in [7, 11) is 0. The Bertz CT molecular complexity index is 356. The summed E-state index contributed by atoms with van der Waals surface area (Å²) >= 11 is 13.6. The number of ether oxygens (including phenoxy) is 1. The summed E-state index contributed by atoms with van der Waals surface area (Å²) in [6, 6.07) is 5.58. The average Bonchev–Trinajstić information content (AvgIpc) is 2.29. The maximum absolute atomic E-state index is 6.09. The molecule has 0 aliphatic carbocycles. The van der Waals surface area contributed by atoms with E-state index in [1.54, 1.807) is 17.8 Å². The molecule has 0 radical (unpaired) electrons. The minimum atomic E-state index is 0.269. The summed E-state index contributed by atoms with van der Waals surface area (Å²) in [6.07, 6.45) is 0.269. The molecule has 2 rings (SSSR count). The number of nitrogens with one attached hydrogen (secondary N) is 1. The molecule has 1 saturated heterocycles. The van der Waals surface area contributed by atoms with Gasteiger partial charge < -0.3 is 10.1 Å². The van der Waals surface area contributed by atoms with Crippen molar-refractivity contribution in [3.05, 3.63) is 28.2 Å². The van der Waals surface area contributed by atoms with Crippen molar-refractivity contribution in [2.75, 3.05) is 25.4 Å². The van der Waals surface area contributed by atoms with Crippen LogP contribution in [0.5, 0.6) is 0 Å². The van der Waals surface area contributed by atoms with Crippen molar-refractivity contribution in [1.82, 2.24) is 5.32 Å². The molecule has 2 nitrogen and oxygen atoms in total. The molecule has 5 heteroatoms. The van der Waals surface area contributed by atoms with Crippen LogP contribution >= 0.6 is 35.0 Å². The highest BCUT2D eigenvalue weighted by Gasteiger charge is 2.14. The van der Waals surface area contributed by atoms with E-state index in [0.29, 0.717) is 10.0 Å². The molecule has 16 heavy (non-hydrogen) atoms. The molecule has 0 aromatic heterocycles. The fraction of sp³-hybridized carbons (Fsp3) is 0.455. The molecule has 0 amide bonds. The molecule has 1 heterocycles. The largest absolute Gasteiger partial charge is 0.375 e. The fourth-order valence-electron chi connectivity index (χ4n) is 1.50. The Morgan fingerprint density at radius 1 is 1.44 bits per heavy atom. The first-order valence-corrected chi connectivity index (χ1v) is 6.90. The van der Waals surface area contributed by atoms with Gasteiger partial charge in [-0.05, 0) is 18.2 Å². The first-order valence-electron chi connectivity index (χ1n) is 5.16. The van der Waals surface area contributed by atoms with Crippen molar-refractivity contribution in [2.24, 2.45) is 0 Å². The van der Waals surface area contributed by atoms with Gasteiger partial charge in [0.25, 0.3) is 0 Å². The summed E-state index contributed by atoms with van der Waals surface area (Å²) in [6.45, 7) is 2.65. The highest BCUT2D eigenvalue weighted by Crippen LogP contribution is 2.30. The fourth-order valence-corrected chi connectivity index (χ4v) is 3.01. The van der Waals surface area contributed by atoms with Gasteiger partial charge in [0.15, 0.2) is 0 Å². The molecule has 88 valence electrons. The van der Waals surface area contributed by atoms with E-state index in [2.05, 4.69) is 5.32 Å². The van der Waals surface area contributed by atoms with Crippen molar-refractivity contribution in [3.8, 4) is 0 Å². The van der Waals surface area contributed by atoms with Crippen LogP contribution in [0, 0.1) is 0 Å². The van der Waals surface area contributed by atoms with Crippen LogP contribution in [0.3, 0.4) is 0 Å². The third-order valence-electron chi connectivity index (χ3n) is 2.32. The monoisotopic (exact) mass is 277 g/mol. The Morgan fingerprint density at radius 2 is 2.31 bits per heavy atom. The van der Waals surface area contributed by atoms with Gasteiger partial charge in [-0.1, -0.05) is 23.2 Å². The molecule has 1 atom stereocenters. The van der Waals surface area contributed by atoms with Crippen LogP contribution < -0.4 is 5.32 Å². The summed E-state index contributed by atoms with van der Waals surface area (Å²) < 4.78 is 5.61. The van der Waals surface area contributed by atoms with Crippen molar-refractivity contribution in [1.29, 1.82) is 0 Å². The molecule has 1 N–H and O–H groups in total. The summed E-state index contributed by atoms with van der Waals surface area (Å²) in [4.78, 5) is 1.06. The molecular weight excluding hydrogens is 265 g/mol. The molecule has 1 aromatic rings. The van der Waals surface area contributed by atoms with Crippen molar-refractivity contribution in [3.63, 3.8) is 0 Å². The van der Waals surface area contributed by atoms with Crippen molar-refractivity contribution < 1.29 is 4.74 Å². The van der Waals surface area contributed by atoms with Gasteiger partial charge in [0, 0.05) is 28.8 Å². The minimum absolute atomic E-state index is 0.269. The van der Waals surface area contributed by atoms with Crippen LogP contribution in [0.1, 0.15) is 0 Å². The quantitative estimate of drug-likeness (QED) is 0.859. The first kappa shape index (κ1) is 12.5. The summed E-state index contributed by atoms with van der Waals surface area (Å²) in [5, 5.41) is 4.68. The Hall–Kier alpha value is 0.0700. The van der Waals surface area contributed by atoms with Gasteiger partial charge in [0.2, 0.25) is 0 Å². The van der Waals surface area contributed by atoms with Crippen LogP contribution in [0.15, 0.2) is 23.1 Å². The number of morpholine rings is 1. The zero-order chi connectivity index (χ0) is 11.4. The topological polar surface area (TPSA) is 21.3 Å². The Labute approximate surface area is 110 Å². The van der Waals surface area contributed by atoms with Crippen LogP contribution in [0.25, 0.3) is 0 Å². The van der Waals surface area contributed by atoms with Crippen molar-refractivity contribution >= 4 is 35.0 Å². The lowest BCUT2D eigenvalue weighted by atomic mass is 10.3. The van der Waals surface area contributed by atoms with E-state index in [4.69, 9.17) is 27.9 Å². The molecule has 1 aliphatic rings. The highest BCUT2D eigenvalue weighted by molar-refractivity contribution is 7.99. The van der Waals surface area contributed by atoms with E-state index in [9.17, 15) is 0 Å². The van der Waals surface area contributed by atoms with Crippen LogP contribution in [0.4, 0.5) is 0 Å². The van der Waals surface area contributed by atoms with Gasteiger partial charge in [-0.25, -0.2) is 0 Å². The highest BCUT2D eigenvalue weighted by atomic mass is 35.5. The molecule has 1 fully saturated rings. The second-order valence-corrected chi connectivity index (χ2v) is 5.49. The van der Waals surface area contributed by atoms with Gasteiger partial charge in [-0.2, -0.15) is 0 Å². The molecule has 0 unspecified atom stereocenters.